The van der Waals surface area contributed by atoms with Gasteiger partial charge in [0.1, 0.15) is 5.15 Å². The maximum atomic E-state index is 13.4. The number of hydrogen-bond donors (Lipinski definition) is 2. The number of hydrogen-bond acceptors (Lipinski definition) is 3. The van der Waals surface area contributed by atoms with Crippen LogP contribution < -0.4 is 10.6 Å². The van der Waals surface area contributed by atoms with E-state index in [9.17, 15) is 18.4 Å². The number of rotatable bonds is 3. The monoisotopic (exact) mass is 325 g/mol. The van der Waals surface area contributed by atoms with Crippen LogP contribution in [0, 0.1) is 11.6 Å². The van der Waals surface area contributed by atoms with Gasteiger partial charge in [0.05, 0.1) is 5.69 Å². The zero-order chi connectivity index (χ0) is 16.1. The van der Waals surface area contributed by atoms with Crippen LogP contribution in [0.25, 0.3) is 0 Å². The molecule has 8 heteroatoms. The second-order valence-corrected chi connectivity index (χ2v) is 4.61. The fourth-order valence-electron chi connectivity index (χ4n) is 1.55. The number of amides is 2. The van der Waals surface area contributed by atoms with Gasteiger partial charge in [0.25, 0.3) is 0 Å². The number of pyridine rings is 1. The van der Waals surface area contributed by atoms with Crippen molar-refractivity contribution in [3.05, 3.63) is 58.9 Å². The van der Waals surface area contributed by atoms with Gasteiger partial charge < -0.3 is 10.6 Å². The topological polar surface area (TPSA) is 71.1 Å². The summed E-state index contributed by atoms with van der Waals surface area (Å²) in [6.07, 6.45) is 1.44. The van der Waals surface area contributed by atoms with Crippen molar-refractivity contribution in [1.82, 2.24) is 10.3 Å². The van der Waals surface area contributed by atoms with Gasteiger partial charge in [-0.05, 0) is 23.8 Å². The van der Waals surface area contributed by atoms with Gasteiger partial charge in [-0.3, -0.25) is 9.59 Å². The summed E-state index contributed by atoms with van der Waals surface area (Å²) in [5.74, 6) is -4.44. The third-order valence-electron chi connectivity index (χ3n) is 2.65. The van der Waals surface area contributed by atoms with Crippen LogP contribution in [0.15, 0.2) is 36.5 Å². The third kappa shape index (κ3) is 3.98. The molecule has 1 aromatic heterocycles. The SMILES string of the molecule is O=C(NCc1ccc(Cl)nc1)C(=O)Nc1cccc(F)c1F. The van der Waals surface area contributed by atoms with E-state index in [1.807, 2.05) is 5.32 Å². The molecule has 0 unspecified atom stereocenters. The number of nitrogens with zero attached hydrogens (tertiary/aromatic N) is 1. The minimum atomic E-state index is -1.23. The van der Waals surface area contributed by atoms with Crippen molar-refractivity contribution in [2.75, 3.05) is 5.32 Å². The molecule has 0 fully saturated rings. The third-order valence-corrected chi connectivity index (χ3v) is 2.87. The predicted octanol–water partition coefficient (Wildman–Crippen LogP) is 2.27. The molecular formula is C14H10ClF2N3O2. The van der Waals surface area contributed by atoms with E-state index in [1.165, 1.54) is 18.3 Å². The zero-order valence-corrected chi connectivity index (χ0v) is 11.8. The molecule has 0 saturated heterocycles. The first-order chi connectivity index (χ1) is 10.5. The maximum absolute atomic E-state index is 13.4. The summed E-state index contributed by atoms with van der Waals surface area (Å²) in [6, 6.07) is 6.42. The normalized spacial score (nSPS) is 10.1. The molecule has 2 rings (SSSR count). The lowest BCUT2D eigenvalue weighted by atomic mass is 10.2. The summed E-state index contributed by atoms with van der Waals surface area (Å²) in [5.41, 5.74) is 0.218. The highest BCUT2D eigenvalue weighted by molar-refractivity contribution is 6.39. The minimum Gasteiger partial charge on any atom is -0.344 e. The molecule has 22 heavy (non-hydrogen) atoms. The van der Waals surface area contributed by atoms with E-state index < -0.39 is 29.1 Å². The quantitative estimate of drug-likeness (QED) is 0.672. The second-order valence-electron chi connectivity index (χ2n) is 4.23. The van der Waals surface area contributed by atoms with Crippen LogP contribution in [0.4, 0.5) is 14.5 Å². The fraction of sp³-hybridized carbons (Fsp3) is 0.0714. The second kappa shape index (κ2) is 6.95. The van der Waals surface area contributed by atoms with Crippen LogP contribution >= 0.6 is 11.6 Å². The molecule has 1 aromatic carbocycles. The van der Waals surface area contributed by atoms with E-state index >= 15 is 0 Å². The van der Waals surface area contributed by atoms with Crippen LogP contribution in [-0.2, 0) is 16.1 Å². The van der Waals surface area contributed by atoms with Crippen LogP contribution in [0.2, 0.25) is 5.15 Å². The Labute approximate surface area is 129 Å². The molecular weight excluding hydrogens is 316 g/mol. The summed E-state index contributed by atoms with van der Waals surface area (Å²) in [6.45, 7) is 0.0437. The highest BCUT2D eigenvalue weighted by Crippen LogP contribution is 2.16. The van der Waals surface area contributed by atoms with Gasteiger partial charge in [0.15, 0.2) is 11.6 Å². The lowest BCUT2D eigenvalue weighted by Crippen LogP contribution is -2.35. The number of halogens is 3. The summed E-state index contributed by atoms with van der Waals surface area (Å²) >= 11 is 5.61. The van der Waals surface area contributed by atoms with Gasteiger partial charge in [-0.15, -0.1) is 0 Å². The summed E-state index contributed by atoms with van der Waals surface area (Å²) in [7, 11) is 0. The van der Waals surface area contributed by atoms with Gasteiger partial charge >= 0.3 is 11.8 Å². The van der Waals surface area contributed by atoms with Gasteiger partial charge in [0.2, 0.25) is 0 Å². The molecule has 0 spiro atoms. The number of carbonyl (C=O) groups excluding carboxylic acids is 2. The number of aromatic nitrogens is 1. The maximum Gasteiger partial charge on any atom is 0.313 e. The van der Waals surface area contributed by atoms with Crippen molar-refractivity contribution in [2.24, 2.45) is 0 Å². The molecule has 0 bridgehead atoms. The summed E-state index contributed by atoms with van der Waals surface area (Å²) < 4.78 is 26.4. The smallest absolute Gasteiger partial charge is 0.313 e. The highest BCUT2D eigenvalue weighted by atomic mass is 35.5. The number of anilines is 1. The lowest BCUT2D eigenvalue weighted by molar-refractivity contribution is -0.136. The van der Waals surface area contributed by atoms with Crippen molar-refractivity contribution in [2.45, 2.75) is 6.54 Å². The van der Waals surface area contributed by atoms with Crippen LogP contribution in [-0.4, -0.2) is 16.8 Å². The number of benzene rings is 1. The minimum absolute atomic E-state index is 0.0437. The Morgan fingerprint density at radius 2 is 1.91 bits per heavy atom. The van der Waals surface area contributed by atoms with Crippen molar-refractivity contribution in [3.8, 4) is 0 Å². The average Bonchev–Trinajstić information content (AvgIpc) is 2.51. The van der Waals surface area contributed by atoms with Crippen molar-refractivity contribution >= 4 is 29.1 Å². The molecule has 0 atom stereocenters. The lowest BCUT2D eigenvalue weighted by Gasteiger charge is -2.07. The summed E-state index contributed by atoms with van der Waals surface area (Å²) in [5, 5.41) is 4.62. The van der Waals surface area contributed by atoms with E-state index in [0.29, 0.717) is 10.7 Å². The Balaban J connectivity index is 1.93. The largest absolute Gasteiger partial charge is 0.344 e. The first-order valence-corrected chi connectivity index (χ1v) is 6.49. The first-order valence-electron chi connectivity index (χ1n) is 6.11. The van der Waals surface area contributed by atoms with Crippen molar-refractivity contribution < 1.29 is 18.4 Å². The number of nitrogens with one attached hydrogen (secondary N) is 2. The molecule has 1 heterocycles. The van der Waals surface area contributed by atoms with Gasteiger partial charge in [-0.25, -0.2) is 13.8 Å². The molecule has 0 radical (unpaired) electrons. The Kier molecular flexibility index (Phi) is 5.00. The Morgan fingerprint density at radius 1 is 1.14 bits per heavy atom. The average molecular weight is 326 g/mol. The van der Waals surface area contributed by atoms with Gasteiger partial charge in [-0.1, -0.05) is 23.7 Å². The van der Waals surface area contributed by atoms with E-state index in [2.05, 4.69) is 10.3 Å². The molecule has 2 aromatic rings. The molecule has 0 saturated carbocycles. The van der Waals surface area contributed by atoms with E-state index in [1.54, 1.807) is 6.07 Å². The number of carbonyl (C=O) groups is 2. The fourth-order valence-corrected chi connectivity index (χ4v) is 1.66. The molecule has 5 nitrogen and oxygen atoms in total. The molecule has 0 aliphatic heterocycles. The standard InChI is InChI=1S/C14H10ClF2N3O2/c15-11-5-4-8(6-18-11)7-19-13(21)14(22)20-10-3-1-2-9(16)12(10)17/h1-6H,7H2,(H,19,21)(H,20,22). The predicted molar refractivity (Wildman–Crippen MR) is 76.1 cm³/mol. The first kappa shape index (κ1) is 15.8. The van der Waals surface area contributed by atoms with Crippen molar-refractivity contribution in [1.29, 1.82) is 0 Å². The van der Waals surface area contributed by atoms with E-state index in [4.69, 9.17) is 11.6 Å². The molecule has 2 N–H and O–H groups in total. The van der Waals surface area contributed by atoms with E-state index in [-0.39, 0.29) is 6.54 Å². The van der Waals surface area contributed by atoms with Crippen LogP contribution in [0.3, 0.4) is 0 Å². The summed E-state index contributed by atoms with van der Waals surface area (Å²) in [4.78, 5) is 27.0. The van der Waals surface area contributed by atoms with Gasteiger partial charge in [-0.2, -0.15) is 0 Å². The van der Waals surface area contributed by atoms with Gasteiger partial charge in [0, 0.05) is 12.7 Å². The van der Waals surface area contributed by atoms with Crippen molar-refractivity contribution in [3.63, 3.8) is 0 Å². The molecule has 2 amide bonds. The zero-order valence-electron chi connectivity index (χ0n) is 11.1. The molecule has 114 valence electrons. The highest BCUT2D eigenvalue weighted by Gasteiger charge is 2.16. The van der Waals surface area contributed by atoms with Crippen LogP contribution in [0.5, 0.6) is 0 Å². The van der Waals surface area contributed by atoms with E-state index in [0.717, 1.165) is 12.1 Å². The molecule has 0 aliphatic carbocycles. The Hall–Kier alpha value is -2.54. The molecule has 0 aliphatic rings. The Morgan fingerprint density at radius 3 is 2.59 bits per heavy atom. The Bertz CT molecular complexity index is 708. The van der Waals surface area contributed by atoms with Crippen LogP contribution in [0.1, 0.15) is 5.56 Å².